The molecule has 1 unspecified atom stereocenters. The van der Waals surface area contributed by atoms with Gasteiger partial charge in [-0.25, -0.2) is 4.79 Å². The average molecular weight is 384 g/mol. The van der Waals surface area contributed by atoms with Crippen LogP contribution in [0, 0.1) is 10.1 Å². The lowest BCUT2D eigenvalue weighted by Gasteiger charge is -2.34. The highest BCUT2D eigenvalue weighted by atomic mass is 32.2. The lowest BCUT2D eigenvalue weighted by molar-refractivity contribution is -0.384. The van der Waals surface area contributed by atoms with E-state index in [0.717, 1.165) is 11.9 Å². The number of ether oxygens (including phenoxy) is 2. The molecule has 0 aliphatic carbocycles. The smallest absolute Gasteiger partial charge is 0.410 e. The van der Waals surface area contributed by atoms with Crippen LogP contribution in [0.25, 0.3) is 0 Å². The molecule has 1 aromatic carbocycles. The Labute approximate surface area is 156 Å². The number of carbonyl (C=O) groups excluding carboxylic acids is 1. The number of nitro groups is 1. The van der Waals surface area contributed by atoms with E-state index in [9.17, 15) is 14.9 Å². The monoisotopic (exact) mass is 384 g/mol. The van der Waals surface area contributed by atoms with Crippen molar-refractivity contribution < 1.29 is 19.2 Å². The van der Waals surface area contributed by atoms with Gasteiger partial charge in [0, 0.05) is 24.1 Å². The van der Waals surface area contributed by atoms with Gasteiger partial charge in [-0.2, -0.15) is 0 Å². The first-order valence-corrected chi connectivity index (χ1v) is 9.06. The Morgan fingerprint density at radius 1 is 1.54 bits per heavy atom. The van der Waals surface area contributed by atoms with E-state index < -0.39 is 10.5 Å². The highest BCUT2D eigenvalue weighted by Crippen LogP contribution is 2.28. The van der Waals surface area contributed by atoms with Crippen LogP contribution in [-0.2, 0) is 9.47 Å². The van der Waals surface area contributed by atoms with Crippen LogP contribution in [0.5, 0.6) is 0 Å². The van der Waals surface area contributed by atoms with E-state index in [-0.39, 0.29) is 17.9 Å². The van der Waals surface area contributed by atoms with E-state index in [1.807, 2.05) is 20.8 Å². The predicted octanol–water partition coefficient (Wildman–Crippen LogP) is 2.61. The topological polar surface area (TPSA) is 120 Å². The number of benzene rings is 1. The van der Waals surface area contributed by atoms with Crippen LogP contribution in [0.15, 0.2) is 23.1 Å². The van der Waals surface area contributed by atoms with Crippen LogP contribution in [0.3, 0.4) is 0 Å². The van der Waals surface area contributed by atoms with Crippen LogP contribution >= 0.6 is 11.9 Å². The Morgan fingerprint density at radius 2 is 2.27 bits per heavy atom. The quantitative estimate of drug-likeness (QED) is 0.451. The van der Waals surface area contributed by atoms with Crippen LogP contribution in [-0.4, -0.2) is 53.9 Å². The third-order valence-corrected chi connectivity index (χ3v) is 4.14. The van der Waals surface area contributed by atoms with Crippen molar-refractivity contribution in [1.82, 2.24) is 4.90 Å². The Morgan fingerprint density at radius 3 is 2.88 bits per heavy atom. The van der Waals surface area contributed by atoms with Crippen molar-refractivity contribution in [3.8, 4) is 0 Å². The van der Waals surface area contributed by atoms with Gasteiger partial charge >= 0.3 is 6.09 Å². The van der Waals surface area contributed by atoms with Crippen molar-refractivity contribution in [2.45, 2.75) is 37.4 Å². The normalized spacial score (nSPS) is 17.7. The molecule has 1 fully saturated rings. The van der Waals surface area contributed by atoms with Crippen molar-refractivity contribution in [1.29, 1.82) is 0 Å². The molecular formula is C16H24N4O5S. The van der Waals surface area contributed by atoms with Gasteiger partial charge in [-0.05, 0) is 44.9 Å². The number of hydrogen-bond donors (Lipinski definition) is 2. The number of nitro benzene ring substituents is 1. The number of nitrogens with zero attached hydrogens (tertiary/aromatic N) is 2. The maximum atomic E-state index is 12.2. The fourth-order valence-corrected chi connectivity index (χ4v) is 2.77. The predicted molar refractivity (Wildman–Crippen MR) is 99.2 cm³/mol. The second-order valence-electron chi connectivity index (χ2n) is 6.85. The number of anilines is 1. The minimum atomic E-state index is -0.563. The van der Waals surface area contributed by atoms with Crippen molar-refractivity contribution >= 4 is 29.4 Å². The lowest BCUT2D eigenvalue weighted by atomic mass is 10.2. The summed E-state index contributed by atoms with van der Waals surface area (Å²) < 4.78 is 11.0. The highest BCUT2D eigenvalue weighted by Gasteiger charge is 2.28. The molecule has 0 spiro atoms. The summed E-state index contributed by atoms with van der Waals surface area (Å²) in [6.45, 7) is 6.96. The number of carbonyl (C=O) groups is 1. The van der Waals surface area contributed by atoms with Crippen LogP contribution in [0.1, 0.15) is 20.8 Å². The summed E-state index contributed by atoms with van der Waals surface area (Å²) in [5, 5.41) is 19.7. The summed E-state index contributed by atoms with van der Waals surface area (Å²) in [5.74, 6) is 0. The Hall–Kier alpha value is -2.04. The molecule has 144 valence electrons. The summed E-state index contributed by atoms with van der Waals surface area (Å²) in [7, 11) is 0. The second kappa shape index (κ2) is 8.56. The molecule has 1 aromatic rings. The highest BCUT2D eigenvalue weighted by molar-refractivity contribution is 7.97. The molecule has 3 N–H and O–H groups in total. The minimum Gasteiger partial charge on any atom is -0.444 e. The summed E-state index contributed by atoms with van der Waals surface area (Å²) in [4.78, 5) is 25.1. The van der Waals surface area contributed by atoms with Gasteiger partial charge < -0.3 is 19.7 Å². The summed E-state index contributed by atoms with van der Waals surface area (Å²) >= 11 is 0.948. The molecular weight excluding hydrogens is 360 g/mol. The maximum Gasteiger partial charge on any atom is 0.410 e. The Kier molecular flexibility index (Phi) is 6.68. The molecule has 1 aliphatic rings. The van der Waals surface area contributed by atoms with E-state index in [2.05, 4.69) is 5.32 Å². The number of nitrogens with one attached hydrogen (secondary N) is 1. The van der Waals surface area contributed by atoms with Gasteiger partial charge in [-0.15, -0.1) is 0 Å². The third kappa shape index (κ3) is 5.75. The number of hydrogen-bond acceptors (Lipinski definition) is 8. The van der Waals surface area contributed by atoms with E-state index in [0.29, 0.717) is 36.8 Å². The zero-order valence-electron chi connectivity index (χ0n) is 15.1. The summed E-state index contributed by atoms with van der Waals surface area (Å²) in [5.41, 5.74) is -0.238. The van der Waals surface area contributed by atoms with E-state index in [1.54, 1.807) is 17.0 Å². The van der Waals surface area contributed by atoms with Gasteiger partial charge in [0.2, 0.25) is 0 Å². The zero-order chi connectivity index (χ0) is 19.3. The molecule has 9 nitrogen and oxygen atoms in total. The van der Waals surface area contributed by atoms with Gasteiger partial charge in [0.15, 0.2) is 0 Å². The first-order valence-electron chi connectivity index (χ1n) is 8.18. The van der Waals surface area contributed by atoms with E-state index in [4.69, 9.17) is 14.6 Å². The minimum absolute atomic E-state index is 0.0553. The molecule has 0 saturated carbocycles. The third-order valence-electron chi connectivity index (χ3n) is 3.61. The molecule has 0 aromatic heterocycles. The molecule has 1 atom stereocenters. The number of morpholine rings is 1. The molecule has 0 radical (unpaired) electrons. The Balaban J connectivity index is 1.97. The van der Waals surface area contributed by atoms with Crippen molar-refractivity contribution in [3.63, 3.8) is 0 Å². The first-order chi connectivity index (χ1) is 12.2. The number of rotatable bonds is 5. The largest absolute Gasteiger partial charge is 0.444 e. The molecule has 0 bridgehead atoms. The van der Waals surface area contributed by atoms with E-state index in [1.165, 1.54) is 6.07 Å². The van der Waals surface area contributed by atoms with Crippen molar-refractivity contribution in [3.05, 3.63) is 28.3 Å². The average Bonchev–Trinajstić information content (AvgIpc) is 2.58. The number of amides is 1. The number of nitrogens with two attached hydrogens (primary N) is 1. The summed E-state index contributed by atoms with van der Waals surface area (Å²) in [6.07, 6.45) is -0.680. The first kappa shape index (κ1) is 20.3. The summed E-state index contributed by atoms with van der Waals surface area (Å²) in [6, 6.07) is 4.73. The van der Waals surface area contributed by atoms with Crippen LogP contribution in [0.2, 0.25) is 0 Å². The van der Waals surface area contributed by atoms with Gasteiger partial charge in [0.1, 0.15) is 11.3 Å². The fourth-order valence-electron chi connectivity index (χ4n) is 2.44. The van der Waals surface area contributed by atoms with Crippen molar-refractivity contribution in [2.24, 2.45) is 5.14 Å². The van der Waals surface area contributed by atoms with E-state index >= 15 is 0 Å². The fraction of sp³-hybridized carbons (Fsp3) is 0.562. The van der Waals surface area contributed by atoms with Gasteiger partial charge in [0.25, 0.3) is 5.69 Å². The van der Waals surface area contributed by atoms with Crippen LogP contribution in [0.4, 0.5) is 16.2 Å². The Bertz CT molecular complexity index is 665. The standard InChI is InChI=1S/C16H24N4O5S/c1-16(2,3)25-15(21)19-6-7-24-11(10-19)9-18-13-5-4-12(26-17)8-14(13)20(22)23/h4-5,8,11,18H,6-7,9-10,17H2,1-3H3. The molecule has 1 saturated heterocycles. The van der Waals surface area contributed by atoms with Crippen LogP contribution < -0.4 is 10.5 Å². The molecule has 1 amide bonds. The maximum absolute atomic E-state index is 12.2. The van der Waals surface area contributed by atoms with Gasteiger partial charge in [0.05, 0.1) is 24.2 Å². The van der Waals surface area contributed by atoms with Gasteiger partial charge in [-0.3, -0.25) is 15.3 Å². The lowest BCUT2D eigenvalue weighted by Crippen LogP contribution is -2.49. The molecule has 1 heterocycles. The molecule has 26 heavy (non-hydrogen) atoms. The van der Waals surface area contributed by atoms with Crippen molar-refractivity contribution in [2.75, 3.05) is 31.6 Å². The SMILES string of the molecule is CC(C)(C)OC(=O)N1CCOC(CNc2ccc(SN)cc2[N+](=O)[O-])C1. The van der Waals surface area contributed by atoms with Gasteiger partial charge in [-0.1, -0.05) is 0 Å². The molecule has 1 aliphatic heterocycles. The zero-order valence-corrected chi connectivity index (χ0v) is 15.9. The molecule has 2 rings (SSSR count). The second-order valence-corrected chi connectivity index (χ2v) is 7.56. The molecule has 10 heteroatoms.